The fourth-order valence-corrected chi connectivity index (χ4v) is 2.59. The Morgan fingerprint density at radius 2 is 1.70 bits per heavy atom. The number of amides is 3. The number of aliphatic carboxylic acids is 2. The lowest BCUT2D eigenvalue weighted by molar-refractivity contribution is -0.144. The van der Waals surface area contributed by atoms with Crippen LogP contribution in [0.1, 0.15) is 53.2 Å². The molecule has 0 radical (unpaired) electrons. The number of H-pyrrole nitrogens is 1. The van der Waals surface area contributed by atoms with Crippen LogP contribution in [-0.4, -0.2) is 73.3 Å². The van der Waals surface area contributed by atoms with Gasteiger partial charge in [0.1, 0.15) is 23.2 Å². The van der Waals surface area contributed by atoms with Gasteiger partial charge in [-0.15, -0.1) is 0 Å². The van der Waals surface area contributed by atoms with Gasteiger partial charge in [-0.3, -0.25) is 14.4 Å². The molecule has 0 bridgehead atoms. The van der Waals surface area contributed by atoms with Crippen molar-refractivity contribution in [2.45, 2.75) is 77.1 Å². The first-order valence-electron chi connectivity index (χ1n) is 10.1. The Morgan fingerprint density at radius 1 is 1.06 bits per heavy atom. The van der Waals surface area contributed by atoms with Gasteiger partial charge in [-0.2, -0.15) is 0 Å². The molecule has 0 spiro atoms. The quantitative estimate of drug-likeness (QED) is 0.261. The summed E-state index contributed by atoms with van der Waals surface area (Å²) in [6.07, 6.45) is 1.25. The molecule has 1 aromatic rings. The molecule has 13 heteroatoms. The summed E-state index contributed by atoms with van der Waals surface area (Å²) in [6.45, 7) is 7.67. The lowest BCUT2D eigenvalue weighted by Crippen LogP contribution is -2.61. The molecule has 3 amide bonds. The average Bonchev–Trinajstić information content (AvgIpc) is 3.15. The SMILES string of the molecule is CC(C)(C)OC(=O)N[C@@H](Cc1cnc[nH]1)C(=O)NC(C)(C)C(=O)N[C@@H](CCC(=O)O)C(=O)O. The Morgan fingerprint density at radius 3 is 2.18 bits per heavy atom. The summed E-state index contributed by atoms with van der Waals surface area (Å²) < 4.78 is 5.19. The summed E-state index contributed by atoms with van der Waals surface area (Å²) >= 11 is 0. The summed E-state index contributed by atoms with van der Waals surface area (Å²) in [5, 5.41) is 25.2. The monoisotopic (exact) mass is 469 g/mol. The van der Waals surface area contributed by atoms with Crippen molar-refractivity contribution in [3.8, 4) is 0 Å². The molecule has 0 aliphatic rings. The van der Waals surface area contributed by atoms with Crippen LogP contribution in [0.25, 0.3) is 0 Å². The maximum atomic E-state index is 12.9. The Bertz CT molecular complexity index is 860. The largest absolute Gasteiger partial charge is 0.481 e. The number of hydrogen-bond donors (Lipinski definition) is 6. The van der Waals surface area contributed by atoms with Gasteiger partial charge in [-0.1, -0.05) is 0 Å². The third kappa shape index (κ3) is 10.0. The van der Waals surface area contributed by atoms with Crippen LogP contribution in [-0.2, 0) is 30.3 Å². The zero-order valence-corrected chi connectivity index (χ0v) is 19.2. The number of carboxylic acid groups (broad SMARTS) is 2. The molecule has 0 saturated heterocycles. The van der Waals surface area contributed by atoms with Gasteiger partial charge in [0.05, 0.1) is 6.33 Å². The Hall–Kier alpha value is -3.64. The standard InChI is InChI=1S/C20H31N5O8/c1-19(2,3)33-18(32)24-13(8-11-9-21-10-22-11)15(28)25-20(4,5)17(31)23-12(16(29)30)6-7-14(26)27/h9-10,12-13H,6-8H2,1-5H3,(H,21,22)(H,23,31)(H,24,32)(H,25,28)(H,26,27)(H,29,30)/t12-,13-/m0/s1. The zero-order valence-electron chi connectivity index (χ0n) is 19.2. The molecule has 184 valence electrons. The second kappa shape index (κ2) is 11.3. The molecule has 0 unspecified atom stereocenters. The summed E-state index contributed by atoms with van der Waals surface area (Å²) in [7, 11) is 0. The minimum atomic E-state index is -1.59. The van der Waals surface area contributed by atoms with E-state index in [1.807, 2.05) is 0 Å². The molecule has 1 aromatic heterocycles. The van der Waals surface area contributed by atoms with Gasteiger partial charge in [0.2, 0.25) is 11.8 Å². The second-order valence-corrected chi connectivity index (χ2v) is 8.89. The minimum Gasteiger partial charge on any atom is -0.481 e. The van der Waals surface area contributed by atoms with Gasteiger partial charge in [-0.05, 0) is 41.0 Å². The molecule has 0 aliphatic heterocycles. The Kier molecular flexibility index (Phi) is 9.37. The smallest absolute Gasteiger partial charge is 0.408 e. The van der Waals surface area contributed by atoms with Crippen LogP contribution in [0.2, 0.25) is 0 Å². The fourth-order valence-electron chi connectivity index (χ4n) is 2.59. The number of alkyl carbamates (subject to hydrolysis) is 1. The maximum Gasteiger partial charge on any atom is 0.408 e. The van der Waals surface area contributed by atoms with Crippen molar-refractivity contribution in [3.05, 3.63) is 18.2 Å². The van der Waals surface area contributed by atoms with Crippen LogP contribution < -0.4 is 16.0 Å². The number of nitrogens with one attached hydrogen (secondary N) is 4. The lowest BCUT2D eigenvalue weighted by atomic mass is 10.0. The van der Waals surface area contributed by atoms with Crippen molar-refractivity contribution in [2.75, 3.05) is 0 Å². The molecule has 0 aromatic carbocycles. The van der Waals surface area contributed by atoms with Crippen LogP contribution in [0.3, 0.4) is 0 Å². The average molecular weight is 469 g/mol. The first-order valence-corrected chi connectivity index (χ1v) is 10.1. The number of carboxylic acids is 2. The van der Waals surface area contributed by atoms with Gasteiger partial charge in [-0.25, -0.2) is 14.6 Å². The van der Waals surface area contributed by atoms with Crippen molar-refractivity contribution >= 4 is 29.8 Å². The Balaban J connectivity index is 2.92. The topological polar surface area (TPSA) is 200 Å². The maximum absolute atomic E-state index is 12.9. The number of hydrogen-bond acceptors (Lipinski definition) is 7. The summed E-state index contributed by atoms with van der Waals surface area (Å²) in [5.41, 5.74) is -1.86. The van der Waals surface area contributed by atoms with Gasteiger partial charge >= 0.3 is 18.0 Å². The van der Waals surface area contributed by atoms with E-state index in [1.54, 1.807) is 20.8 Å². The van der Waals surface area contributed by atoms with Crippen molar-refractivity contribution in [1.82, 2.24) is 25.9 Å². The van der Waals surface area contributed by atoms with Crippen LogP contribution in [0.15, 0.2) is 12.5 Å². The van der Waals surface area contributed by atoms with Gasteiger partial charge in [0.25, 0.3) is 0 Å². The molecule has 0 fully saturated rings. The van der Waals surface area contributed by atoms with E-state index in [2.05, 4.69) is 25.9 Å². The van der Waals surface area contributed by atoms with E-state index in [-0.39, 0.29) is 12.8 Å². The summed E-state index contributed by atoms with van der Waals surface area (Å²) in [4.78, 5) is 66.5. The summed E-state index contributed by atoms with van der Waals surface area (Å²) in [5.74, 6) is -4.19. The van der Waals surface area contributed by atoms with E-state index < -0.39 is 59.5 Å². The van der Waals surface area contributed by atoms with Crippen molar-refractivity contribution in [3.63, 3.8) is 0 Å². The fraction of sp³-hybridized carbons (Fsp3) is 0.600. The highest BCUT2D eigenvalue weighted by molar-refractivity contribution is 5.95. The van der Waals surface area contributed by atoms with Gasteiger partial charge < -0.3 is 35.9 Å². The Labute approximate surface area is 190 Å². The lowest BCUT2D eigenvalue weighted by Gasteiger charge is -2.29. The van der Waals surface area contributed by atoms with Crippen molar-refractivity contribution in [2.24, 2.45) is 0 Å². The second-order valence-electron chi connectivity index (χ2n) is 8.89. The molecule has 2 atom stereocenters. The number of carbonyl (C=O) groups is 5. The molecule has 6 N–H and O–H groups in total. The first kappa shape index (κ1) is 27.4. The van der Waals surface area contributed by atoms with E-state index in [0.29, 0.717) is 5.69 Å². The van der Waals surface area contributed by atoms with Gasteiger partial charge in [0, 0.05) is 24.7 Å². The van der Waals surface area contributed by atoms with E-state index >= 15 is 0 Å². The molecule has 0 saturated carbocycles. The third-order valence-corrected chi connectivity index (χ3v) is 4.24. The zero-order chi connectivity index (χ0) is 25.4. The molecular weight excluding hydrogens is 438 g/mol. The molecule has 1 heterocycles. The molecule has 33 heavy (non-hydrogen) atoms. The van der Waals surface area contributed by atoms with E-state index in [1.165, 1.54) is 26.4 Å². The highest BCUT2D eigenvalue weighted by Gasteiger charge is 2.35. The molecule has 1 rings (SSSR count). The van der Waals surface area contributed by atoms with Crippen LogP contribution in [0.5, 0.6) is 0 Å². The predicted molar refractivity (Wildman–Crippen MR) is 114 cm³/mol. The van der Waals surface area contributed by atoms with E-state index in [4.69, 9.17) is 9.84 Å². The highest BCUT2D eigenvalue weighted by Crippen LogP contribution is 2.10. The molecule has 0 aliphatic carbocycles. The highest BCUT2D eigenvalue weighted by atomic mass is 16.6. The minimum absolute atomic E-state index is 0.0130. The van der Waals surface area contributed by atoms with E-state index in [0.717, 1.165) is 0 Å². The molecular formula is C20H31N5O8. The van der Waals surface area contributed by atoms with Crippen molar-refractivity contribution in [1.29, 1.82) is 0 Å². The number of imidazole rings is 1. The molecule has 13 nitrogen and oxygen atoms in total. The summed E-state index contributed by atoms with van der Waals surface area (Å²) in [6, 6.07) is -2.60. The predicted octanol–water partition coefficient (Wildman–Crippen LogP) is 0.175. The number of aromatic nitrogens is 2. The van der Waals surface area contributed by atoms with Crippen molar-refractivity contribution < 1.29 is 38.9 Å². The van der Waals surface area contributed by atoms with Gasteiger partial charge in [0.15, 0.2) is 0 Å². The number of ether oxygens (including phenoxy) is 1. The van der Waals surface area contributed by atoms with Crippen LogP contribution >= 0.6 is 0 Å². The normalized spacial score (nSPS) is 13.4. The third-order valence-electron chi connectivity index (χ3n) is 4.24. The number of aromatic amines is 1. The number of nitrogens with zero attached hydrogens (tertiary/aromatic N) is 1. The number of carbonyl (C=O) groups excluding carboxylic acids is 3. The number of rotatable bonds is 11. The van der Waals surface area contributed by atoms with Crippen LogP contribution in [0.4, 0.5) is 4.79 Å². The van der Waals surface area contributed by atoms with E-state index in [9.17, 15) is 29.1 Å². The van der Waals surface area contributed by atoms with Crippen LogP contribution in [0, 0.1) is 0 Å². The first-order chi connectivity index (χ1) is 15.1.